The summed E-state index contributed by atoms with van der Waals surface area (Å²) in [6, 6.07) is 5.76. The van der Waals surface area contributed by atoms with Crippen molar-refractivity contribution in [3.8, 4) is 6.07 Å². The van der Waals surface area contributed by atoms with Crippen molar-refractivity contribution in [2.45, 2.75) is 37.1 Å². The van der Waals surface area contributed by atoms with E-state index in [1.165, 1.54) is 18.0 Å². The third-order valence-corrected chi connectivity index (χ3v) is 5.62. The summed E-state index contributed by atoms with van der Waals surface area (Å²) in [5, 5.41) is 23.3. The number of hydrogen-bond acceptors (Lipinski definition) is 7. The molecule has 2 atom stereocenters. The highest BCUT2D eigenvalue weighted by Gasteiger charge is 2.38. The van der Waals surface area contributed by atoms with Crippen molar-refractivity contribution < 1.29 is 4.65 Å². The van der Waals surface area contributed by atoms with E-state index >= 15 is 0 Å². The molecule has 0 amide bonds. The molecule has 1 unspecified atom stereocenters. The van der Waals surface area contributed by atoms with Gasteiger partial charge < -0.3 is 14.8 Å². The molecule has 4 heterocycles. The quantitative estimate of drug-likeness (QED) is 0.356. The summed E-state index contributed by atoms with van der Waals surface area (Å²) in [5.41, 5.74) is 2.14. The minimum Gasteiger partial charge on any atom is -0.632 e. The first-order chi connectivity index (χ1) is 12.6. The predicted molar refractivity (Wildman–Crippen MR) is 99.0 cm³/mol. The lowest BCUT2D eigenvalue weighted by atomic mass is 10.2. The van der Waals surface area contributed by atoms with E-state index in [0.717, 1.165) is 35.9 Å². The van der Waals surface area contributed by atoms with Crippen LogP contribution in [0.25, 0.3) is 0 Å². The van der Waals surface area contributed by atoms with Gasteiger partial charge >= 0.3 is 0 Å². The van der Waals surface area contributed by atoms with E-state index in [2.05, 4.69) is 20.9 Å². The lowest BCUT2D eigenvalue weighted by molar-refractivity contribution is -0.907. The Bertz CT molecular complexity index is 852. The smallest absolute Gasteiger partial charge is 0.189 e. The van der Waals surface area contributed by atoms with Crippen LogP contribution >= 0.6 is 11.8 Å². The van der Waals surface area contributed by atoms with Crippen molar-refractivity contribution in [1.29, 1.82) is 5.26 Å². The standard InChI is InChI=1S/C18H20N6OS/c1-26-18-21-9-14-10-24(25,11-15-5-4-13(7-19)8-20-15)12-16-3-2-6-23(16)17(14)22-18/h4-5,8-9,16H,2-3,6,10-12H2,1H3/t16-,24?/m0/s1. The molecule has 2 aromatic heterocycles. The van der Waals surface area contributed by atoms with Crippen molar-refractivity contribution in [3.63, 3.8) is 0 Å². The van der Waals surface area contributed by atoms with Crippen molar-refractivity contribution in [2.24, 2.45) is 0 Å². The zero-order valence-electron chi connectivity index (χ0n) is 14.6. The number of nitriles is 1. The van der Waals surface area contributed by atoms with E-state index in [9.17, 15) is 5.21 Å². The summed E-state index contributed by atoms with van der Waals surface area (Å²) in [7, 11) is 0. The molecule has 1 saturated heterocycles. The second-order valence-electron chi connectivity index (χ2n) is 6.90. The molecule has 0 bridgehead atoms. The topological polar surface area (TPSA) is 88.8 Å². The summed E-state index contributed by atoms with van der Waals surface area (Å²) in [6.45, 7) is 2.10. The molecular formula is C18H20N6OS. The number of rotatable bonds is 3. The number of hydroxylamine groups is 3. The molecule has 2 aliphatic heterocycles. The van der Waals surface area contributed by atoms with Crippen LogP contribution in [0.5, 0.6) is 0 Å². The number of anilines is 1. The molecule has 1 fully saturated rings. The zero-order valence-corrected chi connectivity index (χ0v) is 15.4. The summed E-state index contributed by atoms with van der Waals surface area (Å²) in [6.07, 6.45) is 7.40. The maximum atomic E-state index is 13.7. The number of pyridine rings is 1. The average Bonchev–Trinajstić information content (AvgIpc) is 3.05. The van der Waals surface area contributed by atoms with E-state index in [1.807, 2.05) is 12.5 Å². The van der Waals surface area contributed by atoms with Crippen LogP contribution in [0.1, 0.15) is 29.7 Å². The van der Waals surface area contributed by atoms with Gasteiger partial charge in [0.25, 0.3) is 0 Å². The largest absolute Gasteiger partial charge is 0.632 e. The Morgan fingerprint density at radius 1 is 1.38 bits per heavy atom. The van der Waals surface area contributed by atoms with Crippen molar-refractivity contribution in [1.82, 2.24) is 15.0 Å². The molecule has 0 radical (unpaired) electrons. The van der Waals surface area contributed by atoms with Gasteiger partial charge in [0.1, 0.15) is 25.0 Å². The highest BCUT2D eigenvalue weighted by molar-refractivity contribution is 7.98. The van der Waals surface area contributed by atoms with Crippen molar-refractivity contribution in [3.05, 3.63) is 46.6 Å². The second kappa shape index (κ2) is 6.83. The molecule has 0 aromatic carbocycles. The van der Waals surface area contributed by atoms with Gasteiger partial charge in [0, 0.05) is 18.9 Å². The number of hydrogen-bond donors (Lipinski definition) is 0. The van der Waals surface area contributed by atoms with Crippen LogP contribution in [0.2, 0.25) is 0 Å². The van der Waals surface area contributed by atoms with Gasteiger partial charge in [0.15, 0.2) is 5.16 Å². The Morgan fingerprint density at radius 3 is 3.00 bits per heavy atom. The maximum absolute atomic E-state index is 13.7. The second-order valence-corrected chi connectivity index (χ2v) is 7.68. The van der Waals surface area contributed by atoms with E-state index in [4.69, 9.17) is 10.2 Å². The fraction of sp³-hybridized carbons (Fsp3) is 0.444. The van der Waals surface area contributed by atoms with Crippen LogP contribution in [0, 0.1) is 16.5 Å². The number of quaternary nitrogens is 1. The van der Waals surface area contributed by atoms with Gasteiger partial charge in [-0.25, -0.2) is 9.97 Å². The minimum absolute atomic E-state index is 0.205. The molecule has 2 aromatic rings. The van der Waals surface area contributed by atoms with Gasteiger partial charge in [-0.1, -0.05) is 11.8 Å². The summed E-state index contributed by atoms with van der Waals surface area (Å²) < 4.78 is -0.366. The number of aromatic nitrogens is 3. The summed E-state index contributed by atoms with van der Waals surface area (Å²) in [4.78, 5) is 15.7. The highest BCUT2D eigenvalue weighted by atomic mass is 32.2. The number of nitrogens with zero attached hydrogens (tertiary/aromatic N) is 6. The van der Waals surface area contributed by atoms with Gasteiger partial charge in [-0.2, -0.15) is 5.26 Å². The summed E-state index contributed by atoms with van der Waals surface area (Å²) >= 11 is 1.52. The van der Waals surface area contributed by atoms with Crippen molar-refractivity contribution >= 4 is 17.6 Å². The third kappa shape index (κ3) is 3.26. The monoisotopic (exact) mass is 368 g/mol. The number of thioether (sulfide) groups is 1. The summed E-state index contributed by atoms with van der Waals surface area (Å²) in [5.74, 6) is 0.926. The molecular weight excluding hydrogens is 348 g/mol. The first-order valence-corrected chi connectivity index (χ1v) is 9.91. The van der Waals surface area contributed by atoms with Gasteiger partial charge in [-0.3, -0.25) is 4.98 Å². The van der Waals surface area contributed by atoms with Gasteiger partial charge in [-0.15, -0.1) is 0 Å². The molecule has 134 valence electrons. The zero-order chi connectivity index (χ0) is 18.1. The van der Waals surface area contributed by atoms with E-state index in [0.29, 0.717) is 30.9 Å². The average molecular weight is 368 g/mol. The van der Waals surface area contributed by atoms with E-state index < -0.39 is 0 Å². The van der Waals surface area contributed by atoms with Gasteiger partial charge in [0.05, 0.1) is 29.4 Å². The fourth-order valence-electron chi connectivity index (χ4n) is 3.90. The lowest BCUT2D eigenvalue weighted by Gasteiger charge is -2.43. The maximum Gasteiger partial charge on any atom is 0.189 e. The first-order valence-electron chi connectivity index (χ1n) is 8.69. The van der Waals surface area contributed by atoms with E-state index in [1.54, 1.807) is 12.1 Å². The molecule has 2 aliphatic rings. The van der Waals surface area contributed by atoms with Crippen LogP contribution in [-0.4, -0.2) is 45.0 Å². The van der Waals surface area contributed by atoms with E-state index in [-0.39, 0.29) is 10.7 Å². The first kappa shape index (κ1) is 17.2. The van der Waals surface area contributed by atoms with Crippen LogP contribution < -0.4 is 4.90 Å². The van der Waals surface area contributed by atoms with Crippen molar-refractivity contribution in [2.75, 3.05) is 24.2 Å². The molecule has 8 heteroatoms. The minimum atomic E-state index is -0.366. The van der Waals surface area contributed by atoms with Crippen LogP contribution in [0.15, 0.2) is 29.7 Å². The SMILES string of the molecule is CSc1ncc2c(n1)N1CCC[C@H]1C[N+]([O-])(Cc1ccc(C#N)cn1)C2. The Labute approximate surface area is 156 Å². The normalized spacial score (nSPS) is 24.5. The van der Waals surface area contributed by atoms with Crippen LogP contribution in [0.4, 0.5) is 5.82 Å². The molecule has 4 rings (SSSR count). The lowest BCUT2D eigenvalue weighted by Crippen LogP contribution is -2.47. The Morgan fingerprint density at radius 2 is 2.27 bits per heavy atom. The molecule has 0 N–H and O–H groups in total. The Kier molecular flexibility index (Phi) is 4.53. The molecule has 0 spiro atoms. The van der Waals surface area contributed by atoms with Gasteiger partial charge in [-0.05, 0) is 31.2 Å². The molecule has 0 saturated carbocycles. The van der Waals surface area contributed by atoms with Crippen LogP contribution in [-0.2, 0) is 13.1 Å². The molecule has 7 nitrogen and oxygen atoms in total. The number of fused-ring (bicyclic) bond motifs is 3. The van der Waals surface area contributed by atoms with Gasteiger partial charge in [0.2, 0.25) is 0 Å². The molecule has 0 aliphatic carbocycles. The predicted octanol–water partition coefficient (Wildman–Crippen LogP) is 2.46. The van der Waals surface area contributed by atoms with Crippen LogP contribution in [0.3, 0.4) is 0 Å². The Hall–Kier alpha value is -2.21. The third-order valence-electron chi connectivity index (χ3n) is 5.06. The molecule has 26 heavy (non-hydrogen) atoms. The Balaban J connectivity index is 1.67. The fourth-order valence-corrected chi connectivity index (χ4v) is 4.24. The highest BCUT2D eigenvalue weighted by Crippen LogP contribution is 2.35.